The fourth-order valence-corrected chi connectivity index (χ4v) is 2.50. The molecule has 2 heterocycles. The molecule has 0 spiro atoms. The smallest absolute Gasteiger partial charge is 0.257 e. The van der Waals surface area contributed by atoms with Crippen LogP contribution >= 0.6 is 0 Å². The second kappa shape index (κ2) is 6.52. The minimum Gasteiger partial charge on any atom is -0.454 e. The van der Waals surface area contributed by atoms with Gasteiger partial charge in [0.25, 0.3) is 5.91 Å². The lowest BCUT2D eigenvalue weighted by Crippen LogP contribution is -2.12. The molecule has 1 amide bonds. The number of anilines is 3. The molecule has 0 bridgehead atoms. The Labute approximate surface area is 144 Å². The van der Waals surface area contributed by atoms with Crippen LogP contribution in [0.3, 0.4) is 0 Å². The molecule has 25 heavy (non-hydrogen) atoms. The number of nitrogens with one attached hydrogen (secondary N) is 2. The molecule has 124 valence electrons. The molecule has 0 saturated heterocycles. The highest BCUT2D eigenvalue weighted by Crippen LogP contribution is 2.35. The lowest BCUT2D eigenvalue weighted by Gasteiger charge is -2.09. The summed E-state index contributed by atoms with van der Waals surface area (Å²) in [5.74, 6) is 1.20. The molecule has 1 aromatic heterocycles. The van der Waals surface area contributed by atoms with E-state index in [1.54, 1.807) is 12.3 Å². The SMILES string of the molecule is O=C(Nc1ccccc1)c1cncc(Nc2ccc3c(c2)OCO3)c1. The quantitative estimate of drug-likeness (QED) is 0.760. The lowest BCUT2D eigenvalue weighted by atomic mass is 10.2. The summed E-state index contributed by atoms with van der Waals surface area (Å²) in [6.45, 7) is 0.232. The van der Waals surface area contributed by atoms with Crippen LogP contribution in [-0.4, -0.2) is 17.7 Å². The average molecular weight is 333 g/mol. The minimum absolute atomic E-state index is 0.215. The van der Waals surface area contributed by atoms with Gasteiger partial charge in [-0.1, -0.05) is 18.2 Å². The molecule has 0 unspecified atom stereocenters. The third kappa shape index (κ3) is 3.37. The van der Waals surface area contributed by atoms with Crippen LogP contribution in [0.1, 0.15) is 10.4 Å². The number of pyridine rings is 1. The molecule has 3 aromatic rings. The molecule has 4 rings (SSSR count). The van der Waals surface area contributed by atoms with E-state index in [2.05, 4.69) is 15.6 Å². The summed E-state index contributed by atoms with van der Waals surface area (Å²) >= 11 is 0. The average Bonchev–Trinajstić information content (AvgIpc) is 3.10. The highest BCUT2D eigenvalue weighted by molar-refractivity contribution is 6.04. The summed E-state index contributed by atoms with van der Waals surface area (Å²) in [5, 5.41) is 6.05. The van der Waals surface area contributed by atoms with Gasteiger partial charge in [0.15, 0.2) is 11.5 Å². The van der Waals surface area contributed by atoms with Crippen molar-refractivity contribution in [3.8, 4) is 11.5 Å². The largest absolute Gasteiger partial charge is 0.454 e. The highest BCUT2D eigenvalue weighted by Gasteiger charge is 2.13. The Bertz CT molecular complexity index is 913. The summed E-state index contributed by atoms with van der Waals surface area (Å²) in [4.78, 5) is 16.5. The van der Waals surface area contributed by atoms with Gasteiger partial charge in [-0.25, -0.2) is 0 Å². The maximum Gasteiger partial charge on any atom is 0.257 e. The maximum atomic E-state index is 12.4. The number of carbonyl (C=O) groups is 1. The van der Waals surface area contributed by atoms with E-state index in [9.17, 15) is 4.79 Å². The van der Waals surface area contributed by atoms with E-state index in [0.717, 1.165) is 17.1 Å². The summed E-state index contributed by atoms with van der Waals surface area (Å²) in [6.07, 6.45) is 3.19. The van der Waals surface area contributed by atoms with Crippen LogP contribution in [0.5, 0.6) is 11.5 Å². The van der Waals surface area contributed by atoms with Crippen molar-refractivity contribution in [3.63, 3.8) is 0 Å². The number of nitrogens with zero attached hydrogens (tertiary/aromatic N) is 1. The Morgan fingerprint density at radius 2 is 1.72 bits per heavy atom. The number of ether oxygens (including phenoxy) is 2. The highest BCUT2D eigenvalue weighted by atomic mass is 16.7. The van der Waals surface area contributed by atoms with Crippen molar-refractivity contribution in [3.05, 3.63) is 72.6 Å². The topological polar surface area (TPSA) is 72.5 Å². The van der Waals surface area contributed by atoms with Gasteiger partial charge in [-0.15, -0.1) is 0 Å². The second-order valence-corrected chi connectivity index (χ2v) is 5.48. The number of amides is 1. The van der Waals surface area contributed by atoms with Crippen molar-refractivity contribution >= 4 is 23.0 Å². The minimum atomic E-state index is -0.215. The first-order valence-electron chi connectivity index (χ1n) is 7.76. The Kier molecular flexibility index (Phi) is 3.92. The van der Waals surface area contributed by atoms with E-state index in [4.69, 9.17) is 9.47 Å². The molecular weight excluding hydrogens is 318 g/mol. The van der Waals surface area contributed by atoms with Gasteiger partial charge in [-0.3, -0.25) is 9.78 Å². The molecule has 0 saturated carbocycles. The molecule has 2 aromatic carbocycles. The van der Waals surface area contributed by atoms with Crippen LogP contribution in [0.25, 0.3) is 0 Å². The normalized spacial score (nSPS) is 11.8. The van der Waals surface area contributed by atoms with Gasteiger partial charge in [-0.2, -0.15) is 0 Å². The van der Waals surface area contributed by atoms with Crippen molar-refractivity contribution in [1.29, 1.82) is 0 Å². The lowest BCUT2D eigenvalue weighted by molar-refractivity contribution is 0.102. The summed E-state index contributed by atoms with van der Waals surface area (Å²) in [7, 11) is 0. The molecule has 0 radical (unpaired) electrons. The summed E-state index contributed by atoms with van der Waals surface area (Å²) < 4.78 is 10.7. The van der Waals surface area contributed by atoms with Crippen LogP contribution in [0.2, 0.25) is 0 Å². The zero-order chi connectivity index (χ0) is 17.1. The van der Waals surface area contributed by atoms with Gasteiger partial charge in [-0.05, 0) is 30.3 Å². The Balaban J connectivity index is 1.50. The molecule has 1 aliphatic rings. The standard InChI is InChI=1S/C19H15N3O3/c23-19(22-14-4-2-1-3-5-14)13-8-16(11-20-10-13)21-15-6-7-17-18(9-15)25-12-24-17/h1-11,21H,12H2,(H,22,23). The first-order chi connectivity index (χ1) is 12.3. The monoisotopic (exact) mass is 333 g/mol. The molecule has 0 aliphatic carbocycles. The molecule has 6 heteroatoms. The van der Waals surface area contributed by atoms with E-state index in [0.29, 0.717) is 17.0 Å². The molecule has 0 fully saturated rings. The number of aromatic nitrogens is 1. The van der Waals surface area contributed by atoms with E-state index in [1.165, 1.54) is 6.20 Å². The van der Waals surface area contributed by atoms with Gasteiger partial charge >= 0.3 is 0 Å². The van der Waals surface area contributed by atoms with Gasteiger partial charge in [0.2, 0.25) is 6.79 Å². The second-order valence-electron chi connectivity index (χ2n) is 5.48. The number of para-hydroxylation sites is 1. The molecular formula is C19H15N3O3. The third-order valence-electron chi connectivity index (χ3n) is 3.69. The van der Waals surface area contributed by atoms with Crippen molar-refractivity contribution in [2.24, 2.45) is 0 Å². The first kappa shape index (κ1) is 15.0. The van der Waals surface area contributed by atoms with Gasteiger partial charge in [0.1, 0.15) is 0 Å². The zero-order valence-electron chi connectivity index (χ0n) is 13.2. The summed E-state index contributed by atoms with van der Waals surface area (Å²) in [6, 6.07) is 16.6. The predicted molar refractivity (Wildman–Crippen MR) is 94.5 cm³/mol. The predicted octanol–water partition coefficient (Wildman–Crippen LogP) is 3.81. The van der Waals surface area contributed by atoms with Crippen molar-refractivity contribution in [2.45, 2.75) is 0 Å². The van der Waals surface area contributed by atoms with Crippen LogP contribution in [0, 0.1) is 0 Å². The third-order valence-corrected chi connectivity index (χ3v) is 3.69. The van der Waals surface area contributed by atoms with Crippen LogP contribution in [0.15, 0.2) is 67.0 Å². The van der Waals surface area contributed by atoms with Gasteiger partial charge in [0.05, 0.1) is 17.4 Å². The van der Waals surface area contributed by atoms with E-state index in [-0.39, 0.29) is 12.7 Å². The van der Waals surface area contributed by atoms with Crippen molar-refractivity contribution < 1.29 is 14.3 Å². The number of rotatable bonds is 4. The molecule has 6 nitrogen and oxygen atoms in total. The Morgan fingerprint density at radius 3 is 2.60 bits per heavy atom. The van der Waals surface area contributed by atoms with Gasteiger partial charge < -0.3 is 20.1 Å². The van der Waals surface area contributed by atoms with Crippen LogP contribution in [-0.2, 0) is 0 Å². The summed E-state index contributed by atoms with van der Waals surface area (Å²) in [5.41, 5.74) is 2.74. The van der Waals surface area contributed by atoms with Crippen molar-refractivity contribution in [2.75, 3.05) is 17.4 Å². The Hall–Kier alpha value is -3.54. The molecule has 2 N–H and O–H groups in total. The fourth-order valence-electron chi connectivity index (χ4n) is 2.50. The maximum absolute atomic E-state index is 12.4. The van der Waals surface area contributed by atoms with E-state index in [1.807, 2.05) is 48.5 Å². The van der Waals surface area contributed by atoms with Crippen molar-refractivity contribution in [1.82, 2.24) is 4.98 Å². The number of hydrogen-bond donors (Lipinski definition) is 2. The van der Waals surface area contributed by atoms with E-state index >= 15 is 0 Å². The van der Waals surface area contributed by atoms with Gasteiger partial charge in [0, 0.05) is 23.6 Å². The Morgan fingerprint density at radius 1 is 0.880 bits per heavy atom. The number of benzene rings is 2. The van der Waals surface area contributed by atoms with Crippen LogP contribution < -0.4 is 20.1 Å². The number of carbonyl (C=O) groups excluding carboxylic acids is 1. The molecule has 0 atom stereocenters. The first-order valence-corrected chi connectivity index (χ1v) is 7.76. The fraction of sp³-hybridized carbons (Fsp3) is 0.0526. The van der Waals surface area contributed by atoms with Crippen LogP contribution in [0.4, 0.5) is 17.1 Å². The zero-order valence-corrected chi connectivity index (χ0v) is 13.2. The molecule has 1 aliphatic heterocycles. The van der Waals surface area contributed by atoms with E-state index < -0.39 is 0 Å². The number of hydrogen-bond acceptors (Lipinski definition) is 5. The number of fused-ring (bicyclic) bond motifs is 1.